The van der Waals surface area contributed by atoms with Crippen molar-refractivity contribution in [2.75, 3.05) is 0 Å². The molecule has 3 unspecified atom stereocenters. The van der Waals surface area contributed by atoms with Crippen LogP contribution in [0.1, 0.15) is 33.3 Å². The summed E-state index contributed by atoms with van der Waals surface area (Å²) in [5.74, 6) is -3.02. The molecule has 1 aromatic carbocycles. The number of nitrogens with one attached hydrogen (secondary N) is 3. The van der Waals surface area contributed by atoms with E-state index in [0.717, 1.165) is 0 Å². The molecular weight excluding hydrogens is 366 g/mol. The first kappa shape index (κ1) is 22.9. The number of carboxylic acids is 1. The van der Waals surface area contributed by atoms with Crippen molar-refractivity contribution in [2.24, 2.45) is 5.92 Å². The molecule has 9 nitrogen and oxygen atoms in total. The van der Waals surface area contributed by atoms with Crippen molar-refractivity contribution in [1.82, 2.24) is 16.0 Å². The number of benzene rings is 1. The number of aliphatic carboxylic acids is 1. The Bertz CT molecular complexity index is 717. The number of carbonyl (C=O) groups is 4. The Kier molecular flexibility index (Phi) is 8.43. The van der Waals surface area contributed by atoms with Crippen LogP contribution in [-0.4, -0.2) is 52.0 Å². The Labute approximate surface area is 163 Å². The van der Waals surface area contributed by atoms with Gasteiger partial charge >= 0.3 is 5.97 Å². The van der Waals surface area contributed by atoms with Gasteiger partial charge in [-0.1, -0.05) is 26.0 Å². The number of carboxylic acid groups (broad SMARTS) is 1. The van der Waals surface area contributed by atoms with Crippen LogP contribution in [0.4, 0.5) is 0 Å². The molecular formula is C19H27N3O6. The number of aromatic hydroxyl groups is 1. The van der Waals surface area contributed by atoms with Gasteiger partial charge in [-0.2, -0.15) is 0 Å². The van der Waals surface area contributed by atoms with Gasteiger partial charge in [-0.05, 0) is 30.5 Å². The predicted octanol–water partition coefficient (Wildman–Crippen LogP) is 0.170. The molecule has 0 radical (unpaired) electrons. The SMILES string of the molecule is CC(=O)NC(Cc1ccc(O)cc1)C(=O)NC(C(=O)NC(C)C(=O)O)C(C)C. The minimum Gasteiger partial charge on any atom is -0.508 e. The summed E-state index contributed by atoms with van der Waals surface area (Å²) in [6.07, 6.45) is 0.156. The van der Waals surface area contributed by atoms with Gasteiger partial charge in [0.2, 0.25) is 17.7 Å². The topological polar surface area (TPSA) is 145 Å². The van der Waals surface area contributed by atoms with E-state index in [0.29, 0.717) is 5.56 Å². The maximum Gasteiger partial charge on any atom is 0.325 e. The van der Waals surface area contributed by atoms with E-state index in [1.165, 1.54) is 26.0 Å². The van der Waals surface area contributed by atoms with Crippen molar-refractivity contribution in [3.63, 3.8) is 0 Å². The monoisotopic (exact) mass is 393 g/mol. The molecule has 3 amide bonds. The fourth-order valence-electron chi connectivity index (χ4n) is 2.48. The quantitative estimate of drug-likeness (QED) is 0.404. The molecule has 0 heterocycles. The van der Waals surface area contributed by atoms with Crippen LogP contribution >= 0.6 is 0 Å². The Morgan fingerprint density at radius 3 is 1.96 bits per heavy atom. The van der Waals surface area contributed by atoms with E-state index in [1.807, 2.05) is 0 Å². The molecule has 0 saturated heterocycles. The van der Waals surface area contributed by atoms with Crippen molar-refractivity contribution < 1.29 is 29.4 Å². The molecule has 1 rings (SSSR count). The molecule has 9 heteroatoms. The highest BCUT2D eigenvalue weighted by molar-refractivity contribution is 5.93. The van der Waals surface area contributed by atoms with Crippen LogP contribution < -0.4 is 16.0 Å². The standard InChI is InChI=1S/C19H27N3O6/c1-10(2)16(18(26)20-11(3)19(27)28)22-17(25)15(21-12(4)23)9-13-5-7-14(24)8-6-13/h5-8,10-11,15-16,24H,9H2,1-4H3,(H,20,26)(H,21,23)(H,22,25)(H,27,28). The van der Waals surface area contributed by atoms with Gasteiger partial charge in [0.05, 0.1) is 0 Å². The summed E-state index contributed by atoms with van der Waals surface area (Å²) < 4.78 is 0. The lowest BCUT2D eigenvalue weighted by atomic mass is 10.0. The van der Waals surface area contributed by atoms with E-state index in [2.05, 4.69) is 16.0 Å². The van der Waals surface area contributed by atoms with E-state index in [-0.39, 0.29) is 18.1 Å². The van der Waals surface area contributed by atoms with Gasteiger partial charge in [0.1, 0.15) is 23.9 Å². The fourth-order valence-corrected chi connectivity index (χ4v) is 2.48. The van der Waals surface area contributed by atoms with Crippen molar-refractivity contribution in [3.05, 3.63) is 29.8 Å². The minimum atomic E-state index is -1.19. The first-order valence-corrected chi connectivity index (χ1v) is 8.89. The Morgan fingerprint density at radius 2 is 1.50 bits per heavy atom. The third-order valence-corrected chi connectivity index (χ3v) is 4.05. The number of hydrogen-bond acceptors (Lipinski definition) is 5. The summed E-state index contributed by atoms with van der Waals surface area (Å²) in [5, 5.41) is 25.8. The number of rotatable bonds is 9. The number of hydrogen-bond donors (Lipinski definition) is 5. The average molecular weight is 393 g/mol. The summed E-state index contributed by atoms with van der Waals surface area (Å²) in [4.78, 5) is 47.5. The molecule has 5 N–H and O–H groups in total. The van der Waals surface area contributed by atoms with Crippen LogP contribution in [-0.2, 0) is 25.6 Å². The van der Waals surface area contributed by atoms with Gasteiger partial charge in [-0.15, -0.1) is 0 Å². The largest absolute Gasteiger partial charge is 0.508 e. The number of carbonyl (C=O) groups excluding carboxylic acids is 3. The summed E-state index contributed by atoms with van der Waals surface area (Å²) in [5.41, 5.74) is 0.705. The second-order valence-corrected chi connectivity index (χ2v) is 6.92. The van der Waals surface area contributed by atoms with Gasteiger partial charge in [-0.3, -0.25) is 19.2 Å². The predicted molar refractivity (Wildman–Crippen MR) is 101 cm³/mol. The Hall–Kier alpha value is -3.10. The number of phenolic OH excluding ortho intramolecular Hbond substituents is 1. The second kappa shape index (κ2) is 10.3. The molecule has 0 bridgehead atoms. The van der Waals surface area contributed by atoms with Crippen LogP contribution in [0.5, 0.6) is 5.75 Å². The maximum atomic E-state index is 12.7. The highest BCUT2D eigenvalue weighted by atomic mass is 16.4. The van der Waals surface area contributed by atoms with Crippen LogP contribution in [0.15, 0.2) is 24.3 Å². The minimum absolute atomic E-state index is 0.0772. The first-order valence-electron chi connectivity index (χ1n) is 8.89. The van der Waals surface area contributed by atoms with Crippen molar-refractivity contribution in [3.8, 4) is 5.75 Å². The zero-order chi connectivity index (χ0) is 21.4. The molecule has 0 aliphatic heterocycles. The van der Waals surface area contributed by atoms with E-state index >= 15 is 0 Å². The van der Waals surface area contributed by atoms with Crippen LogP contribution in [0.25, 0.3) is 0 Å². The molecule has 1 aromatic rings. The molecule has 0 fully saturated rings. The van der Waals surface area contributed by atoms with Gasteiger partial charge < -0.3 is 26.2 Å². The lowest BCUT2D eigenvalue weighted by molar-refractivity contribution is -0.142. The normalized spacial score (nSPS) is 13.9. The van der Waals surface area contributed by atoms with Crippen LogP contribution in [0.3, 0.4) is 0 Å². The summed E-state index contributed by atoms with van der Waals surface area (Å²) in [6.45, 7) is 6.02. The maximum absolute atomic E-state index is 12.7. The number of phenols is 1. The molecule has 28 heavy (non-hydrogen) atoms. The van der Waals surface area contributed by atoms with Crippen molar-refractivity contribution in [2.45, 2.75) is 52.2 Å². The zero-order valence-electron chi connectivity index (χ0n) is 16.4. The van der Waals surface area contributed by atoms with E-state index < -0.39 is 41.8 Å². The first-order chi connectivity index (χ1) is 13.0. The average Bonchev–Trinajstić information content (AvgIpc) is 2.59. The van der Waals surface area contributed by atoms with Gasteiger partial charge in [-0.25, -0.2) is 0 Å². The third kappa shape index (κ3) is 7.26. The van der Waals surface area contributed by atoms with Gasteiger partial charge in [0, 0.05) is 13.3 Å². The molecule has 0 spiro atoms. The smallest absolute Gasteiger partial charge is 0.325 e. The molecule has 0 aromatic heterocycles. The molecule has 0 aliphatic carbocycles. The van der Waals surface area contributed by atoms with Gasteiger partial charge in [0.15, 0.2) is 0 Å². The summed E-state index contributed by atoms with van der Waals surface area (Å²) >= 11 is 0. The summed E-state index contributed by atoms with van der Waals surface area (Å²) in [6, 6.07) is 3.18. The number of amides is 3. The molecule has 3 atom stereocenters. The highest BCUT2D eigenvalue weighted by Gasteiger charge is 2.30. The van der Waals surface area contributed by atoms with Crippen LogP contribution in [0, 0.1) is 5.92 Å². The van der Waals surface area contributed by atoms with E-state index in [1.54, 1.807) is 26.0 Å². The zero-order valence-corrected chi connectivity index (χ0v) is 16.4. The molecule has 0 saturated carbocycles. The lowest BCUT2D eigenvalue weighted by Gasteiger charge is -2.26. The van der Waals surface area contributed by atoms with Crippen molar-refractivity contribution in [1.29, 1.82) is 0 Å². The van der Waals surface area contributed by atoms with E-state index in [4.69, 9.17) is 5.11 Å². The summed E-state index contributed by atoms with van der Waals surface area (Å²) in [7, 11) is 0. The third-order valence-electron chi connectivity index (χ3n) is 4.05. The Balaban J connectivity index is 2.92. The molecule has 154 valence electrons. The Morgan fingerprint density at radius 1 is 0.929 bits per heavy atom. The van der Waals surface area contributed by atoms with Crippen LogP contribution in [0.2, 0.25) is 0 Å². The van der Waals surface area contributed by atoms with Crippen molar-refractivity contribution >= 4 is 23.7 Å². The van der Waals surface area contributed by atoms with Gasteiger partial charge in [0.25, 0.3) is 0 Å². The molecule has 0 aliphatic rings. The van der Waals surface area contributed by atoms with E-state index in [9.17, 15) is 24.3 Å². The highest BCUT2D eigenvalue weighted by Crippen LogP contribution is 2.12. The lowest BCUT2D eigenvalue weighted by Crippen LogP contribution is -2.57. The fraction of sp³-hybridized carbons (Fsp3) is 0.474. The second-order valence-electron chi connectivity index (χ2n) is 6.92.